The van der Waals surface area contributed by atoms with Gasteiger partial charge in [-0.25, -0.2) is 0 Å². The maximum absolute atomic E-state index is 10.00. The molecular weight excluding hydrogens is 302 g/mol. The van der Waals surface area contributed by atoms with Gasteiger partial charge in [-0.1, -0.05) is 34.1 Å². The molecule has 0 spiro atoms. The van der Waals surface area contributed by atoms with Crippen LogP contribution in [0, 0.1) is 0 Å². The topological polar surface area (TPSA) is 33.1 Å². The smallest absolute Gasteiger partial charge is 0.0546 e. The van der Waals surface area contributed by atoms with Gasteiger partial charge in [-0.15, -0.1) is 0 Å². The van der Waals surface area contributed by atoms with E-state index < -0.39 is 0 Å². The third kappa shape index (κ3) is 5.13. The van der Waals surface area contributed by atoms with E-state index in [9.17, 15) is 5.11 Å². The van der Waals surface area contributed by atoms with Gasteiger partial charge in [0.05, 0.1) is 6.10 Å². The van der Waals surface area contributed by atoms with Crippen LogP contribution in [0.1, 0.15) is 24.0 Å². The molecule has 0 fully saturated rings. The quantitative estimate of drug-likeness (QED) is 0.879. The number of halogens is 1. The van der Waals surface area contributed by atoms with Crippen molar-refractivity contribution in [3.8, 4) is 0 Å². The molecule has 0 radical (unpaired) electrons. The number of aliphatic hydroxyl groups excluding tert-OH is 1. The molecular formula is C16H18BrNO. The molecule has 3 heteroatoms. The second kappa shape index (κ2) is 7.41. The zero-order valence-electron chi connectivity index (χ0n) is 10.8. The van der Waals surface area contributed by atoms with Gasteiger partial charge in [0, 0.05) is 16.9 Å². The van der Waals surface area contributed by atoms with E-state index >= 15 is 0 Å². The fourth-order valence-electron chi connectivity index (χ4n) is 2.01. The van der Waals surface area contributed by atoms with E-state index in [1.807, 2.05) is 24.4 Å². The van der Waals surface area contributed by atoms with Crippen molar-refractivity contribution in [2.24, 2.45) is 0 Å². The summed E-state index contributed by atoms with van der Waals surface area (Å²) in [6.07, 6.45) is 6.79. The van der Waals surface area contributed by atoms with Crippen LogP contribution in [0.3, 0.4) is 0 Å². The summed E-state index contributed by atoms with van der Waals surface area (Å²) in [5.74, 6) is 0. The van der Waals surface area contributed by atoms with E-state index in [4.69, 9.17) is 0 Å². The van der Waals surface area contributed by atoms with Crippen LogP contribution in [-0.2, 0) is 12.8 Å². The lowest BCUT2D eigenvalue weighted by Crippen LogP contribution is -2.09. The van der Waals surface area contributed by atoms with Crippen LogP contribution in [0.25, 0.3) is 0 Å². The fourth-order valence-corrected chi connectivity index (χ4v) is 2.27. The van der Waals surface area contributed by atoms with E-state index in [1.54, 1.807) is 6.20 Å². The van der Waals surface area contributed by atoms with Crippen molar-refractivity contribution < 1.29 is 5.11 Å². The number of hydrogen-bond donors (Lipinski definition) is 1. The van der Waals surface area contributed by atoms with Gasteiger partial charge in [0.1, 0.15) is 0 Å². The Morgan fingerprint density at radius 3 is 2.32 bits per heavy atom. The van der Waals surface area contributed by atoms with Crippen LogP contribution in [0.2, 0.25) is 0 Å². The second-order valence-corrected chi connectivity index (χ2v) is 5.63. The lowest BCUT2D eigenvalue weighted by Gasteiger charge is -2.10. The first-order chi connectivity index (χ1) is 9.24. The van der Waals surface area contributed by atoms with E-state index in [-0.39, 0.29) is 6.10 Å². The van der Waals surface area contributed by atoms with Crippen LogP contribution in [0.15, 0.2) is 53.3 Å². The first-order valence-electron chi connectivity index (χ1n) is 6.55. The van der Waals surface area contributed by atoms with Gasteiger partial charge in [0.25, 0.3) is 0 Å². The Hall–Kier alpha value is -1.19. The molecule has 0 saturated carbocycles. The van der Waals surface area contributed by atoms with E-state index in [0.29, 0.717) is 0 Å². The SMILES string of the molecule is OC(CCc1ccc(Br)cc1)CCc1cccnc1. The summed E-state index contributed by atoms with van der Waals surface area (Å²) in [6.45, 7) is 0. The predicted molar refractivity (Wildman–Crippen MR) is 81.0 cm³/mol. The molecule has 1 N–H and O–H groups in total. The Morgan fingerprint density at radius 2 is 1.68 bits per heavy atom. The number of rotatable bonds is 6. The highest BCUT2D eigenvalue weighted by Gasteiger charge is 2.05. The monoisotopic (exact) mass is 319 g/mol. The Balaban J connectivity index is 1.72. The third-order valence-corrected chi connectivity index (χ3v) is 3.70. The molecule has 0 saturated heterocycles. The lowest BCUT2D eigenvalue weighted by molar-refractivity contribution is 0.155. The third-order valence-electron chi connectivity index (χ3n) is 3.17. The Morgan fingerprint density at radius 1 is 1.00 bits per heavy atom. The summed E-state index contributed by atoms with van der Waals surface area (Å²) in [5, 5.41) is 10.00. The summed E-state index contributed by atoms with van der Waals surface area (Å²) in [5.41, 5.74) is 2.45. The zero-order chi connectivity index (χ0) is 13.5. The largest absolute Gasteiger partial charge is 0.393 e. The summed E-state index contributed by atoms with van der Waals surface area (Å²) >= 11 is 3.42. The molecule has 1 heterocycles. The van der Waals surface area contributed by atoms with Crippen molar-refractivity contribution >= 4 is 15.9 Å². The maximum Gasteiger partial charge on any atom is 0.0546 e. The highest BCUT2D eigenvalue weighted by Crippen LogP contribution is 2.14. The zero-order valence-corrected chi connectivity index (χ0v) is 12.4. The number of benzene rings is 1. The number of aryl methyl sites for hydroxylation is 2. The van der Waals surface area contributed by atoms with E-state index in [2.05, 4.69) is 39.1 Å². The summed E-state index contributed by atoms with van der Waals surface area (Å²) < 4.78 is 1.09. The highest BCUT2D eigenvalue weighted by molar-refractivity contribution is 9.10. The average Bonchev–Trinajstić information content (AvgIpc) is 2.45. The molecule has 19 heavy (non-hydrogen) atoms. The number of nitrogens with zero attached hydrogens (tertiary/aromatic N) is 1. The molecule has 2 rings (SSSR count). The van der Waals surface area contributed by atoms with Gasteiger partial charge in [-0.05, 0) is 55.0 Å². The van der Waals surface area contributed by atoms with Crippen molar-refractivity contribution in [3.63, 3.8) is 0 Å². The van der Waals surface area contributed by atoms with Gasteiger partial charge < -0.3 is 5.11 Å². The van der Waals surface area contributed by atoms with Gasteiger partial charge in [-0.3, -0.25) is 4.98 Å². The first-order valence-corrected chi connectivity index (χ1v) is 7.35. The number of pyridine rings is 1. The maximum atomic E-state index is 10.00. The minimum atomic E-state index is -0.246. The molecule has 0 aliphatic carbocycles. The fraction of sp³-hybridized carbons (Fsp3) is 0.312. The van der Waals surface area contributed by atoms with Crippen molar-refractivity contribution in [1.29, 1.82) is 0 Å². The molecule has 2 nitrogen and oxygen atoms in total. The van der Waals surface area contributed by atoms with Gasteiger partial charge in [-0.2, -0.15) is 0 Å². The molecule has 0 bridgehead atoms. The molecule has 1 aromatic heterocycles. The number of aromatic nitrogens is 1. The standard InChI is InChI=1S/C16H18BrNO/c17-15-7-3-13(4-8-15)5-9-16(19)10-6-14-2-1-11-18-12-14/h1-4,7-8,11-12,16,19H,5-6,9-10H2. The first kappa shape index (κ1) is 14.2. The van der Waals surface area contributed by atoms with Crippen molar-refractivity contribution in [3.05, 3.63) is 64.4 Å². The molecule has 0 aliphatic heterocycles. The van der Waals surface area contributed by atoms with Crippen molar-refractivity contribution in [1.82, 2.24) is 4.98 Å². The van der Waals surface area contributed by atoms with E-state index in [1.165, 1.54) is 11.1 Å². The molecule has 0 amide bonds. The summed E-state index contributed by atoms with van der Waals surface area (Å²) in [4.78, 5) is 4.08. The minimum Gasteiger partial charge on any atom is -0.393 e. The Bertz CT molecular complexity index is 484. The second-order valence-electron chi connectivity index (χ2n) is 4.72. The van der Waals surface area contributed by atoms with Crippen molar-refractivity contribution in [2.45, 2.75) is 31.8 Å². The summed E-state index contributed by atoms with van der Waals surface area (Å²) in [7, 11) is 0. The Labute approximate surface area is 122 Å². The molecule has 1 unspecified atom stereocenters. The Kier molecular flexibility index (Phi) is 5.55. The van der Waals surface area contributed by atoms with Gasteiger partial charge in [0.15, 0.2) is 0 Å². The van der Waals surface area contributed by atoms with Gasteiger partial charge in [0.2, 0.25) is 0 Å². The average molecular weight is 320 g/mol. The van der Waals surface area contributed by atoms with Crippen LogP contribution >= 0.6 is 15.9 Å². The van der Waals surface area contributed by atoms with Crippen LogP contribution in [0.4, 0.5) is 0 Å². The molecule has 2 aromatic rings. The highest BCUT2D eigenvalue weighted by atomic mass is 79.9. The molecule has 0 aliphatic rings. The van der Waals surface area contributed by atoms with Crippen molar-refractivity contribution in [2.75, 3.05) is 0 Å². The normalized spacial score (nSPS) is 12.3. The molecule has 100 valence electrons. The van der Waals surface area contributed by atoms with E-state index in [0.717, 1.165) is 30.2 Å². The predicted octanol–water partition coefficient (Wildman–Crippen LogP) is 3.77. The minimum absolute atomic E-state index is 0.246. The van der Waals surface area contributed by atoms with Crippen LogP contribution < -0.4 is 0 Å². The molecule has 1 aromatic carbocycles. The molecule has 1 atom stereocenters. The number of hydrogen-bond acceptors (Lipinski definition) is 2. The number of aliphatic hydroxyl groups is 1. The van der Waals surface area contributed by atoms with Gasteiger partial charge >= 0.3 is 0 Å². The summed E-state index contributed by atoms with van der Waals surface area (Å²) in [6, 6.07) is 12.3. The van der Waals surface area contributed by atoms with Crippen LogP contribution in [0.5, 0.6) is 0 Å². The van der Waals surface area contributed by atoms with Crippen LogP contribution in [-0.4, -0.2) is 16.2 Å². The lowest BCUT2D eigenvalue weighted by atomic mass is 10.0.